The van der Waals surface area contributed by atoms with Crippen LogP contribution >= 0.6 is 0 Å². The van der Waals surface area contributed by atoms with Crippen molar-refractivity contribution in [1.82, 2.24) is 0 Å². The van der Waals surface area contributed by atoms with Gasteiger partial charge in [-0.05, 0) is 17.7 Å². The van der Waals surface area contributed by atoms with Crippen molar-refractivity contribution in [2.75, 3.05) is 13.6 Å². The summed E-state index contributed by atoms with van der Waals surface area (Å²) < 4.78 is 22.2. The number of hydrogen-bond donors (Lipinski definition) is 0. The fourth-order valence-corrected chi connectivity index (χ4v) is 2.80. The molecule has 2 heterocycles. The van der Waals surface area contributed by atoms with Gasteiger partial charge in [0, 0.05) is 5.56 Å². The molecule has 2 saturated heterocycles. The molecule has 2 unspecified atom stereocenters. The third kappa shape index (κ3) is 2.02. The minimum absolute atomic E-state index is 0.0622. The lowest BCUT2D eigenvalue weighted by Crippen LogP contribution is -2.43. The van der Waals surface area contributed by atoms with Gasteiger partial charge in [0.05, 0.1) is 0 Å². The first kappa shape index (κ1) is 13.5. The summed E-state index contributed by atoms with van der Waals surface area (Å²) in [4.78, 5) is 12.1. The average molecular weight is 298 g/mol. The van der Waals surface area contributed by atoms with Crippen LogP contribution in [-0.2, 0) is 18.9 Å². The van der Waals surface area contributed by atoms with Crippen molar-refractivity contribution in [3.63, 3.8) is 0 Å². The second-order valence-electron chi connectivity index (χ2n) is 5.14. The maximum Gasteiger partial charge on any atom is 0.264 e. The molecule has 112 valence electrons. The molecule has 1 spiro atoms. The first-order chi connectivity index (χ1) is 10.8. The van der Waals surface area contributed by atoms with Crippen molar-refractivity contribution >= 4 is 5.78 Å². The van der Waals surface area contributed by atoms with E-state index >= 15 is 0 Å². The summed E-state index contributed by atoms with van der Waals surface area (Å²) in [7, 11) is 0. The van der Waals surface area contributed by atoms with Crippen molar-refractivity contribution in [2.45, 2.75) is 11.9 Å². The van der Waals surface area contributed by atoms with Gasteiger partial charge >= 0.3 is 0 Å². The summed E-state index contributed by atoms with van der Waals surface area (Å²) >= 11 is 0. The molecule has 0 aromatic heterocycles. The van der Waals surface area contributed by atoms with Crippen molar-refractivity contribution in [3.05, 3.63) is 71.5 Å². The Labute approximate surface area is 127 Å². The molecule has 0 N–H and O–H groups in total. The summed E-state index contributed by atoms with van der Waals surface area (Å²) in [5.41, 5.74) is 1.46. The lowest BCUT2D eigenvalue weighted by atomic mass is 9.93. The zero-order chi connectivity index (χ0) is 15.0. The second kappa shape index (κ2) is 5.21. The highest BCUT2D eigenvalue weighted by atomic mass is 16.9. The first-order valence-electron chi connectivity index (χ1n) is 7.02. The lowest BCUT2D eigenvalue weighted by Gasteiger charge is -2.28. The molecule has 1 aliphatic carbocycles. The van der Waals surface area contributed by atoms with Crippen LogP contribution in [0.2, 0.25) is 0 Å². The molecule has 0 radical (unpaired) electrons. The van der Waals surface area contributed by atoms with Gasteiger partial charge < -0.3 is 18.9 Å². The van der Waals surface area contributed by atoms with Gasteiger partial charge in [-0.25, -0.2) is 0 Å². The highest BCUT2D eigenvalue weighted by Crippen LogP contribution is 2.44. The van der Waals surface area contributed by atoms with Gasteiger partial charge in [0.25, 0.3) is 5.79 Å². The molecule has 1 aromatic carbocycles. The average Bonchev–Trinajstić information content (AvgIpc) is 3.17. The van der Waals surface area contributed by atoms with Crippen LogP contribution < -0.4 is 0 Å². The van der Waals surface area contributed by atoms with Crippen molar-refractivity contribution in [3.8, 4) is 0 Å². The molecule has 2 aliphatic heterocycles. The van der Waals surface area contributed by atoms with Crippen molar-refractivity contribution < 1.29 is 23.7 Å². The normalized spacial score (nSPS) is 29.5. The fourth-order valence-electron chi connectivity index (χ4n) is 2.80. The van der Waals surface area contributed by atoms with Crippen LogP contribution in [0.3, 0.4) is 0 Å². The van der Waals surface area contributed by atoms with E-state index in [1.807, 2.05) is 24.3 Å². The molecule has 0 bridgehead atoms. The summed E-state index contributed by atoms with van der Waals surface area (Å²) in [5, 5.41) is 0. The van der Waals surface area contributed by atoms with Gasteiger partial charge in [0.2, 0.25) is 0 Å². The van der Waals surface area contributed by atoms with E-state index in [0.29, 0.717) is 11.3 Å². The Morgan fingerprint density at radius 2 is 1.95 bits per heavy atom. The fraction of sp³-hybridized carbons (Fsp3) is 0.235. The number of benzene rings is 1. The van der Waals surface area contributed by atoms with E-state index < -0.39 is 11.9 Å². The number of hydrogen-bond acceptors (Lipinski definition) is 5. The maximum atomic E-state index is 12.1. The van der Waals surface area contributed by atoms with Gasteiger partial charge in [0.1, 0.15) is 6.10 Å². The van der Waals surface area contributed by atoms with E-state index in [2.05, 4.69) is 0 Å². The Morgan fingerprint density at radius 1 is 1.14 bits per heavy atom. The van der Waals surface area contributed by atoms with Crippen molar-refractivity contribution in [2.24, 2.45) is 0 Å². The third-order valence-electron chi connectivity index (χ3n) is 3.90. The molecular formula is C17H14O5. The van der Waals surface area contributed by atoms with Gasteiger partial charge in [0.15, 0.2) is 25.1 Å². The van der Waals surface area contributed by atoms with E-state index in [4.69, 9.17) is 18.9 Å². The zero-order valence-electron chi connectivity index (χ0n) is 11.7. The predicted octanol–water partition coefficient (Wildman–Crippen LogP) is 2.32. The minimum atomic E-state index is -0.996. The molecule has 2 atom stereocenters. The number of carbonyl (C=O) groups is 1. The van der Waals surface area contributed by atoms with Crippen LogP contribution in [0.4, 0.5) is 0 Å². The van der Waals surface area contributed by atoms with Gasteiger partial charge in [-0.3, -0.25) is 4.79 Å². The summed E-state index contributed by atoms with van der Waals surface area (Å²) in [6.07, 6.45) is 6.51. The van der Waals surface area contributed by atoms with Gasteiger partial charge in [-0.15, -0.1) is 0 Å². The number of ether oxygens (including phenoxy) is 4. The molecule has 4 rings (SSSR count). The smallest absolute Gasteiger partial charge is 0.264 e. The Balaban J connectivity index is 1.59. The number of allylic oxidation sites excluding steroid dienone is 3. The minimum Gasteiger partial charge on any atom is -0.466 e. The third-order valence-corrected chi connectivity index (χ3v) is 3.90. The number of carbonyl (C=O) groups excluding carboxylic acids is 1. The summed E-state index contributed by atoms with van der Waals surface area (Å²) in [6, 6.07) is 9.11. The lowest BCUT2D eigenvalue weighted by molar-refractivity contribution is -0.163. The molecule has 0 saturated carbocycles. The van der Waals surface area contributed by atoms with E-state index in [9.17, 15) is 4.79 Å². The summed E-state index contributed by atoms with van der Waals surface area (Å²) in [6.45, 7) is 0.267. The van der Waals surface area contributed by atoms with Crippen molar-refractivity contribution in [1.29, 1.82) is 0 Å². The van der Waals surface area contributed by atoms with Crippen LogP contribution in [0.5, 0.6) is 0 Å². The Morgan fingerprint density at radius 3 is 2.82 bits per heavy atom. The molecule has 2 fully saturated rings. The molecule has 0 amide bonds. The Hall–Kier alpha value is -2.21. The Kier molecular flexibility index (Phi) is 3.18. The van der Waals surface area contributed by atoms with Crippen LogP contribution in [-0.4, -0.2) is 31.3 Å². The molecular weight excluding hydrogens is 284 g/mol. The molecule has 22 heavy (non-hydrogen) atoms. The topological polar surface area (TPSA) is 54.0 Å². The largest absolute Gasteiger partial charge is 0.466 e. The van der Waals surface area contributed by atoms with E-state index in [-0.39, 0.29) is 19.4 Å². The number of ketones is 1. The predicted molar refractivity (Wildman–Crippen MR) is 76.7 cm³/mol. The number of rotatable bonds is 3. The quantitative estimate of drug-likeness (QED) is 0.633. The maximum absolute atomic E-state index is 12.1. The van der Waals surface area contributed by atoms with E-state index in [1.165, 1.54) is 6.08 Å². The first-order valence-corrected chi connectivity index (χ1v) is 7.02. The summed E-state index contributed by atoms with van der Waals surface area (Å²) in [5.74, 6) is -0.445. The van der Waals surface area contributed by atoms with E-state index in [0.717, 1.165) is 5.57 Å². The van der Waals surface area contributed by atoms with E-state index in [1.54, 1.807) is 24.3 Å². The highest BCUT2D eigenvalue weighted by molar-refractivity contribution is 6.04. The highest BCUT2D eigenvalue weighted by Gasteiger charge is 2.57. The van der Waals surface area contributed by atoms with Crippen LogP contribution in [0.15, 0.2) is 66.0 Å². The SMILES string of the molecule is O=C(C=CC1=CC=C2OCOC23OCOC13)c1ccccc1. The monoisotopic (exact) mass is 298 g/mol. The van der Waals surface area contributed by atoms with Crippen LogP contribution in [0.1, 0.15) is 10.4 Å². The molecule has 5 heteroatoms. The Bertz CT molecular complexity index is 684. The molecule has 3 aliphatic rings. The zero-order valence-corrected chi connectivity index (χ0v) is 11.7. The second-order valence-corrected chi connectivity index (χ2v) is 5.14. The van der Waals surface area contributed by atoms with Crippen LogP contribution in [0.25, 0.3) is 0 Å². The molecule has 1 aromatic rings. The van der Waals surface area contributed by atoms with Crippen LogP contribution in [0, 0.1) is 0 Å². The van der Waals surface area contributed by atoms with Gasteiger partial charge in [-0.2, -0.15) is 0 Å². The van der Waals surface area contributed by atoms with Gasteiger partial charge in [-0.1, -0.05) is 42.5 Å². The standard InChI is InChI=1S/C17H14O5/c18-14(12-4-2-1-3-5-12)8-6-13-7-9-15-17(21-10-19-15)16(13)20-11-22-17/h1-9,16H,10-11H2. The molecule has 5 nitrogen and oxygen atoms in total.